The topological polar surface area (TPSA) is 168 Å². The lowest BCUT2D eigenvalue weighted by Crippen LogP contribution is -2.41. The molecule has 0 fully saturated rings. The second-order valence-corrected chi connectivity index (χ2v) is 10.4. The van der Waals surface area contributed by atoms with Crippen LogP contribution in [-0.4, -0.2) is 60.3 Å². The Hall–Kier alpha value is -2.49. The molecular weight excluding hydrogens is 500 g/mol. The van der Waals surface area contributed by atoms with Gasteiger partial charge in [-0.25, -0.2) is 4.79 Å². The molecule has 6 N–H and O–H groups in total. The summed E-state index contributed by atoms with van der Waals surface area (Å²) in [5.41, 5.74) is 5.73. The molecule has 0 aliphatic carbocycles. The zero-order chi connectivity index (χ0) is 29.1. The van der Waals surface area contributed by atoms with Crippen LogP contribution in [0.1, 0.15) is 129 Å². The summed E-state index contributed by atoms with van der Waals surface area (Å²) in [6.45, 7) is 2.55. The molecule has 0 aliphatic heterocycles. The van der Waals surface area contributed by atoms with E-state index in [1.165, 1.54) is 64.2 Å². The van der Waals surface area contributed by atoms with Gasteiger partial charge in [-0.05, 0) is 32.1 Å². The predicted molar refractivity (Wildman–Crippen MR) is 153 cm³/mol. The van der Waals surface area contributed by atoms with Crippen LogP contribution in [0.5, 0.6) is 0 Å². The van der Waals surface area contributed by atoms with Crippen LogP contribution in [0.25, 0.3) is 0 Å². The molecule has 0 bridgehead atoms. The summed E-state index contributed by atoms with van der Waals surface area (Å²) in [6.07, 6.45) is 18.3. The first-order valence-corrected chi connectivity index (χ1v) is 15.1. The maximum absolute atomic E-state index is 12.2. The van der Waals surface area contributed by atoms with Gasteiger partial charge in [0.25, 0.3) is 0 Å². The number of hydrogen-bond donors (Lipinski definition) is 5. The third-order valence-corrected chi connectivity index (χ3v) is 6.76. The van der Waals surface area contributed by atoms with Gasteiger partial charge in [-0.1, -0.05) is 84.0 Å². The first-order chi connectivity index (χ1) is 18.8. The first kappa shape index (κ1) is 36.5. The number of unbranched alkanes of at least 4 members (excludes halogenated alkanes) is 13. The van der Waals surface area contributed by atoms with Crippen molar-refractivity contribution in [3.63, 3.8) is 0 Å². The number of aldehydes is 1. The molecule has 0 spiro atoms. The summed E-state index contributed by atoms with van der Waals surface area (Å²) in [6, 6.07) is -1.80. The van der Waals surface area contributed by atoms with Crippen molar-refractivity contribution in [2.45, 2.75) is 141 Å². The number of nitrogens with two attached hydrogens (primary N) is 1. The van der Waals surface area contributed by atoms with E-state index in [4.69, 9.17) is 5.73 Å². The molecule has 10 nitrogen and oxygen atoms in total. The molecule has 0 aromatic carbocycles. The van der Waals surface area contributed by atoms with Gasteiger partial charge < -0.3 is 31.6 Å². The molecule has 0 unspecified atom stereocenters. The minimum atomic E-state index is -1.15. The number of aliphatic carboxylic acids is 1. The molecule has 3 amide bonds. The van der Waals surface area contributed by atoms with Crippen LogP contribution in [0.15, 0.2) is 0 Å². The van der Waals surface area contributed by atoms with Crippen molar-refractivity contribution in [1.29, 1.82) is 0 Å². The molecule has 2 atom stereocenters. The van der Waals surface area contributed by atoms with Crippen LogP contribution >= 0.6 is 0 Å². The van der Waals surface area contributed by atoms with Crippen LogP contribution in [0.2, 0.25) is 0 Å². The Morgan fingerprint density at radius 1 is 0.718 bits per heavy atom. The highest BCUT2D eigenvalue weighted by Gasteiger charge is 2.20. The molecule has 0 rings (SSSR count). The fraction of sp³-hybridized carbons (Fsp3) is 0.828. The lowest BCUT2D eigenvalue weighted by atomic mass is 10.0. The minimum Gasteiger partial charge on any atom is -0.480 e. The molecule has 0 saturated heterocycles. The largest absolute Gasteiger partial charge is 0.480 e. The SMILES string of the molecule is CCCCCCCCCCCCCCCC(=O)N[C@@H](CCC(=O)NCCCC[C@H](N)C(=O)NCC=O)C(=O)O. The number of nitrogens with one attached hydrogen (secondary N) is 3. The molecule has 226 valence electrons. The fourth-order valence-electron chi connectivity index (χ4n) is 4.31. The quantitative estimate of drug-likeness (QED) is 0.0761. The standard InChI is InChI=1S/C29H54N4O6/c1-2-3-4-5-6-7-8-9-10-11-12-13-14-18-27(36)33-25(29(38)39)19-20-26(35)31-21-16-15-17-24(30)28(37)32-22-23-34/h23-25H,2-22,30H2,1H3,(H,31,35)(H,32,37)(H,33,36)(H,38,39)/t24-,25-/m0/s1. The van der Waals surface area contributed by atoms with Gasteiger partial charge in [0.2, 0.25) is 17.7 Å². The summed E-state index contributed by atoms with van der Waals surface area (Å²) in [4.78, 5) is 57.6. The lowest BCUT2D eigenvalue weighted by molar-refractivity contribution is -0.142. The van der Waals surface area contributed by atoms with Gasteiger partial charge in [0, 0.05) is 19.4 Å². The number of carbonyl (C=O) groups is 5. The van der Waals surface area contributed by atoms with Crippen molar-refractivity contribution >= 4 is 30.0 Å². The van der Waals surface area contributed by atoms with Gasteiger partial charge in [-0.3, -0.25) is 14.4 Å². The van der Waals surface area contributed by atoms with E-state index in [9.17, 15) is 29.1 Å². The summed E-state index contributed by atoms with van der Waals surface area (Å²) >= 11 is 0. The zero-order valence-electron chi connectivity index (χ0n) is 24.1. The Morgan fingerprint density at radius 3 is 1.82 bits per heavy atom. The smallest absolute Gasteiger partial charge is 0.326 e. The Morgan fingerprint density at radius 2 is 1.28 bits per heavy atom. The van der Waals surface area contributed by atoms with Crippen molar-refractivity contribution in [1.82, 2.24) is 16.0 Å². The van der Waals surface area contributed by atoms with Gasteiger partial charge in [0.05, 0.1) is 12.6 Å². The number of hydrogen-bond acceptors (Lipinski definition) is 6. The van der Waals surface area contributed by atoms with Crippen molar-refractivity contribution in [2.75, 3.05) is 13.1 Å². The lowest BCUT2D eigenvalue weighted by Gasteiger charge is -2.14. The van der Waals surface area contributed by atoms with Crippen molar-refractivity contribution in [3.8, 4) is 0 Å². The molecule has 10 heteroatoms. The van der Waals surface area contributed by atoms with Crippen LogP contribution < -0.4 is 21.7 Å². The molecule has 0 aromatic rings. The molecule has 0 saturated carbocycles. The normalized spacial score (nSPS) is 12.4. The first-order valence-electron chi connectivity index (χ1n) is 15.1. The van der Waals surface area contributed by atoms with E-state index in [0.29, 0.717) is 38.5 Å². The van der Waals surface area contributed by atoms with Gasteiger partial charge in [0.1, 0.15) is 12.3 Å². The summed E-state index contributed by atoms with van der Waals surface area (Å²) in [5.74, 6) is -2.12. The average molecular weight is 555 g/mol. The molecule has 39 heavy (non-hydrogen) atoms. The second-order valence-electron chi connectivity index (χ2n) is 10.4. The zero-order valence-corrected chi connectivity index (χ0v) is 24.1. The molecule has 0 heterocycles. The highest BCUT2D eigenvalue weighted by atomic mass is 16.4. The van der Waals surface area contributed by atoms with Crippen LogP contribution in [0, 0.1) is 0 Å². The van der Waals surface area contributed by atoms with Crippen LogP contribution in [0.3, 0.4) is 0 Å². The van der Waals surface area contributed by atoms with E-state index in [-0.39, 0.29) is 37.1 Å². The van der Waals surface area contributed by atoms with E-state index in [2.05, 4.69) is 22.9 Å². The summed E-state index contributed by atoms with van der Waals surface area (Å²) in [7, 11) is 0. The molecule has 0 aliphatic rings. The van der Waals surface area contributed by atoms with E-state index in [1.54, 1.807) is 0 Å². The van der Waals surface area contributed by atoms with Crippen molar-refractivity contribution < 1.29 is 29.1 Å². The van der Waals surface area contributed by atoms with Gasteiger partial charge in [-0.2, -0.15) is 0 Å². The average Bonchev–Trinajstić information content (AvgIpc) is 2.91. The number of rotatable bonds is 27. The third-order valence-electron chi connectivity index (χ3n) is 6.76. The minimum absolute atomic E-state index is 0.0103. The third kappa shape index (κ3) is 23.1. The maximum Gasteiger partial charge on any atom is 0.326 e. The van der Waals surface area contributed by atoms with Crippen molar-refractivity contribution in [3.05, 3.63) is 0 Å². The van der Waals surface area contributed by atoms with E-state index >= 15 is 0 Å². The van der Waals surface area contributed by atoms with Gasteiger partial charge in [-0.15, -0.1) is 0 Å². The predicted octanol–water partition coefficient (Wildman–Crippen LogP) is 3.75. The number of carboxylic acids is 1. The summed E-state index contributed by atoms with van der Waals surface area (Å²) in [5, 5.41) is 17.1. The van der Waals surface area contributed by atoms with Gasteiger partial charge >= 0.3 is 5.97 Å². The van der Waals surface area contributed by atoms with Gasteiger partial charge in [0.15, 0.2) is 0 Å². The number of carboxylic acid groups (broad SMARTS) is 1. The number of carbonyl (C=O) groups excluding carboxylic acids is 4. The monoisotopic (exact) mass is 554 g/mol. The van der Waals surface area contributed by atoms with E-state index < -0.39 is 18.1 Å². The number of amides is 3. The maximum atomic E-state index is 12.2. The van der Waals surface area contributed by atoms with Crippen molar-refractivity contribution in [2.24, 2.45) is 5.73 Å². The Bertz CT molecular complexity index is 689. The fourth-order valence-corrected chi connectivity index (χ4v) is 4.31. The van der Waals surface area contributed by atoms with Crippen LogP contribution in [-0.2, 0) is 24.0 Å². The molecular formula is C29H54N4O6. The summed E-state index contributed by atoms with van der Waals surface area (Å²) < 4.78 is 0. The molecule has 0 aromatic heterocycles. The molecule has 0 radical (unpaired) electrons. The van der Waals surface area contributed by atoms with Crippen LogP contribution in [0.4, 0.5) is 0 Å². The second kappa shape index (κ2) is 25.8. The van der Waals surface area contributed by atoms with E-state index in [0.717, 1.165) is 19.3 Å². The Labute approximate surface area is 235 Å². The Kier molecular flexibility index (Phi) is 24.1. The Balaban J connectivity index is 3.83. The highest BCUT2D eigenvalue weighted by Crippen LogP contribution is 2.13. The van der Waals surface area contributed by atoms with E-state index in [1.807, 2.05) is 0 Å². The highest BCUT2D eigenvalue weighted by molar-refractivity contribution is 5.84.